The first-order valence-corrected chi connectivity index (χ1v) is 8.35. The van der Waals surface area contributed by atoms with Gasteiger partial charge in [0.25, 0.3) is 21.5 Å². The molecule has 0 fully saturated rings. The molecule has 2 aromatic rings. The summed E-state index contributed by atoms with van der Waals surface area (Å²) in [6, 6.07) is 7.38. The van der Waals surface area contributed by atoms with Crippen molar-refractivity contribution in [2.45, 2.75) is 32.2 Å². The van der Waals surface area contributed by atoms with Gasteiger partial charge in [0.15, 0.2) is 0 Å². The first-order chi connectivity index (χ1) is 10.7. The second-order valence-corrected chi connectivity index (χ2v) is 6.89. The van der Waals surface area contributed by atoms with Gasteiger partial charge in [-0.25, -0.2) is 18.1 Å². The number of aryl methyl sites for hydroxylation is 3. The number of amides is 1. The first kappa shape index (κ1) is 16.9. The summed E-state index contributed by atoms with van der Waals surface area (Å²) in [7, 11) is -3.97. The zero-order chi connectivity index (χ0) is 17.2. The predicted octanol–water partition coefficient (Wildman–Crippen LogP) is 0.674. The molecule has 1 amide bonds. The zero-order valence-corrected chi connectivity index (χ0v) is 13.8. The largest absolute Gasteiger partial charge is 0.287 e. The Bertz CT molecular complexity index is 899. The van der Waals surface area contributed by atoms with Crippen molar-refractivity contribution < 1.29 is 13.2 Å². The number of nitrogens with zero attached hydrogens (tertiary/aromatic N) is 2. The van der Waals surface area contributed by atoms with Crippen LogP contribution in [0.3, 0.4) is 0 Å². The van der Waals surface area contributed by atoms with Gasteiger partial charge < -0.3 is 0 Å². The van der Waals surface area contributed by atoms with Gasteiger partial charge in [-0.2, -0.15) is 0 Å². The number of hydrogen-bond acceptors (Lipinski definition) is 5. The Hall–Kier alpha value is -2.48. The van der Waals surface area contributed by atoms with Gasteiger partial charge >= 0.3 is 0 Å². The molecule has 1 N–H and O–H groups in total. The highest BCUT2D eigenvalue weighted by Crippen LogP contribution is 2.09. The summed E-state index contributed by atoms with van der Waals surface area (Å²) < 4.78 is 27.3. The summed E-state index contributed by atoms with van der Waals surface area (Å²) in [5.41, 5.74) is 1.04. The SMILES string of the molecule is Cc1ccc(S(=O)(=O)NC(=O)Cn2c(C)nc(C)cc2=O)cc1. The van der Waals surface area contributed by atoms with Crippen molar-refractivity contribution in [3.8, 4) is 0 Å². The van der Waals surface area contributed by atoms with Gasteiger partial charge in [0.2, 0.25) is 0 Å². The number of hydrogen-bond donors (Lipinski definition) is 1. The van der Waals surface area contributed by atoms with Crippen molar-refractivity contribution in [2.75, 3.05) is 0 Å². The molecule has 0 bridgehead atoms. The molecule has 8 heteroatoms. The molecule has 7 nitrogen and oxygen atoms in total. The van der Waals surface area contributed by atoms with E-state index in [-0.39, 0.29) is 4.90 Å². The van der Waals surface area contributed by atoms with Crippen molar-refractivity contribution in [3.63, 3.8) is 0 Å². The van der Waals surface area contributed by atoms with Crippen LogP contribution in [0.15, 0.2) is 40.0 Å². The maximum atomic E-state index is 12.1. The van der Waals surface area contributed by atoms with Crippen molar-refractivity contribution in [1.29, 1.82) is 0 Å². The molecule has 1 aromatic carbocycles. The topological polar surface area (TPSA) is 98.1 Å². The lowest BCUT2D eigenvalue weighted by molar-refractivity contribution is -0.120. The fourth-order valence-corrected chi connectivity index (χ4v) is 3.03. The van der Waals surface area contributed by atoms with E-state index in [4.69, 9.17) is 0 Å². The smallest absolute Gasteiger partial charge is 0.264 e. The van der Waals surface area contributed by atoms with Crippen LogP contribution in [0, 0.1) is 20.8 Å². The molecule has 0 atom stereocenters. The molecular formula is C15H17N3O4S. The highest BCUT2D eigenvalue weighted by molar-refractivity contribution is 7.90. The van der Waals surface area contributed by atoms with Crippen LogP contribution in [0.4, 0.5) is 0 Å². The second-order valence-electron chi connectivity index (χ2n) is 5.21. The number of aromatic nitrogens is 2. The summed E-state index contributed by atoms with van der Waals surface area (Å²) in [6.07, 6.45) is 0. The highest BCUT2D eigenvalue weighted by Gasteiger charge is 2.18. The van der Waals surface area contributed by atoms with E-state index in [0.717, 1.165) is 10.1 Å². The molecule has 0 saturated heterocycles. The number of benzene rings is 1. The third-order valence-corrected chi connectivity index (χ3v) is 4.60. The Morgan fingerprint density at radius 2 is 1.78 bits per heavy atom. The molecule has 0 spiro atoms. The molecule has 0 radical (unpaired) electrons. The van der Waals surface area contributed by atoms with Gasteiger partial charge in [0.1, 0.15) is 12.4 Å². The van der Waals surface area contributed by atoms with Crippen LogP contribution in [-0.4, -0.2) is 23.9 Å². The summed E-state index contributed by atoms with van der Waals surface area (Å²) in [6.45, 7) is 4.66. The van der Waals surface area contributed by atoms with Crippen LogP contribution >= 0.6 is 0 Å². The quantitative estimate of drug-likeness (QED) is 0.886. The zero-order valence-electron chi connectivity index (χ0n) is 13.0. The van der Waals surface area contributed by atoms with Gasteiger partial charge in [-0.15, -0.1) is 0 Å². The standard InChI is InChI=1S/C15H17N3O4S/c1-10-4-6-13(7-5-10)23(21,22)17-14(19)9-18-12(3)16-11(2)8-15(18)20/h4-8H,9H2,1-3H3,(H,17,19). The molecule has 0 saturated carbocycles. The van der Waals surface area contributed by atoms with Gasteiger partial charge in [0.05, 0.1) is 4.90 Å². The molecular weight excluding hydrogens is 318 g/mol. The maximum Gasteiger partial charge on any atom is 0.264 e. The van der Waals surface area contributed by atoms with Crippen LogP contribution in [0.5, 0.6) is 0 Å². The lowest BCUT2D eigenvalue weighted by Crippen LogP contribution is -2.37. The minimum absolute atomic E-state index is 0.0115. The Balaban J connectivity index is 2.20. The second kappa shape index (κ2) is 6.33. The number of nitrogens with one attached hydrogen (secondary N) is 1. The van der Waals surface area contributed by atoms with Crippen LogP contribution in [0.25, 0.3) is 0 Å². The molecule has 0 unspecified atom stereocenters. The van der Waals surface area contributed by atoms with E-state index < -0.39 is 28.0 Å². The summed E-state index contributed by atoms with van der Waals surface area (Å²) in [4.78, 5) is 27.9. The summed E-state index contributed by atoms with van der Waals surface area (Å²) >= 11 is 0. The average Bonchev–Trinajstić information content (AvgIpc) is 2.42. The Labute approximate surface area is 134 Å². The first-order valence-electron chi connectivity index (χ1n) is 6.86. The van der Waals surface area contributed by atoms with Crippen molar-refractivity contribution in [2.24, 2.45) is 0 Å². The lowest BCUT2D eigenvalue weighted by atomic mass is 10.2. The Kier molecular flexibility index (Phi) is 4.65. The molecule has 2 rings (SSSR count). The molecule has 1 heterocycles. The van der Waals surface area contributed by atoms with E-state index in [1.54, 1.807) is 26.0 Å². The van der Waals surface area contributed by atoms with Gasteiger partial charge in [-0.1, -0.05) is 17.7 Å². The van der Waals surface area contributed by atoms with Gasteiger partial charge in [0, 0.05) is 11.8 Å². The number of sulfonamides is 1. The molecule has 1 aromatic heterocycles. The predicted molar refractivity (Wildman–Crippen MR) is 84.5 cm³/mol. The van der Waals surface area contributed by atoms with Crippen LogP contribution in [0.1, 0.15) is 17.1 Å². The van der Waals surface area contributed by atoms with Crippen molar-refractivity contribution in [3.05, 3.63) is 57.8 Å². The van der Waals surface area contributed by atoms with Crippen LogP contribution in [-0.2, 0) is 21.4 Å². The van der Waals surface area contributed by atoms with E-state index in [2.05, 4.69) is 4.98 Å². The summed E-state index contributed by atoms with van der Waals surface area (Å²) in [5, 5.41) is 0. The van der Waals surface area contributed by atoms with E-state index in [9.17, 15) is 18.0 Å². The lowest BCUT2D eigenvalue weighted by Gasteiger charge is -2.10. The number of rotatable bonds is 4. The van der Waals surface area contributed by atoms with E-state index >= 15 is 0 Å². The minimum Gasteiger partial charge on any atom is -0.287 e. The van der Waals surface area contributed by atoms with Crippen molar-refractivity contribution >= 4 is 15.9 Å². The molecule has 0 aliphatic heterocycles. The highest BCUT2D eigenvalue weighted by atomic mass is 32.2. The van der Waals surface area contributed by atoms with Crippen LogP contribution < -0.4 is 10.3 Å². The van der Waals surface area contributed by atoms with E-state index in [1.165, 1.54) is 18.2 Å². The maximum absolute atomic E-state index is 12.1. The molecule has 0 aliphatic carbocycles. The summed E-state index contributed by atoms with van der Waals surface area (Å²) in [5.74, 6) is -0.459. The molecule has 23 heavy (non-hydrogen) atoms. The third kappa shape index (κ3) is 4.04. The normalized spacial score (nSPS) is 11.3. The van der Waals surface area contributed by atoms with E-state index in [1.807, 2.05) is 11.6 Å². The fraction of sp³-hybridized carbons (Fsp3) is 0.267. The van der Waals surface area contributed by atoms with Crippen LogP contribution in [0.2, 0.25) is 0 Å². The van der Waals surface area contributed by atoms with E-state index in [0.29, 0.717) is 11.5 Å². The number of carbonyl (C=O) groups is 1. The van der Waals surface area contributed by atoms with Gasteiger partial charge in [-0.3, -0.25) is 14.2 Å². The molecule has 122 valence electrons. The third-order valence-electron chi connectivity index (χ3n) is 3.21. The number of carbonyl (C=O) groups excluding carboxylic acids is 1. The Morgan fingerprint density at radius 3 is 2.35 bits per heavy atom. The average molecular weight is 335 g/mol. The molecule has 0 aliphatic rings. The monoisotopic (exact) mass is 335 g/mol. The Morgan fingerprint density at radius 1 is 1.17 bits per heavy atom. The fourth-order valence-electron chi connectivity index (χ4n) is 2.06. The minimum atomic E-state index is -3.97. The van der Waals surface area contributed by atoms with Gasteiger partial charge in [-0.05, 0) is 32.9 Å². The van der Waals surface area contributed by atoms with Crippen molar-refractivity contribution in [1.82, 2.24) is 14.3 Å².